The third-order valence-electron chi connectivity index (χ3n) is 1.97. The predicted molar refractivity (Wildman–Crippen MR) is 61.5 cm³/mol. The molecule has 0 saturated heterocycles. The number of amides is 1. The van der Waals surface area contributed by atoms with E-state index in [0.717, 1.165) is 0 Å². The first-order chi connectivity index (χ1) is 8.27. The minimum absolute atomic E-state index is 0.0566. The van der Waals surface area contributed by atoms with Crippen molar-refractivity contribution in [1.82, 2.24) is 0 Å². The lowest BCUT2D eigenvalue weighted by molar-refractivity contribution is -0.112. The second-order valence-electron chi connectivity index (χ2n) is 3.19. The molecule has 0 radical (unpaired) electrons. The molecule has 0 aliphatic heterocycles. The van der Waals surface area contributed by atoms with Crippen molar-refractivity contribution in [3.05, 3.63) is 54.5 Å². The van der Waals surface area contributed by atoms with Crippen LogP contribution in [0.4, 0.5) is 0 Å². The van der Waals surface area contributed by atoms with E-state index in [1.807, 2.05) is 6.07 Å². The number of furan rings is 1. The normalized spacial score (nSPS) is 11.2. The summed E-state index contributed by atoms with van der Waals surface area (Å²) in [4.78, 5) is 16.3. The van der Waals surface area contributed by atoms with E-state index in [1.54, 1.807) is 36.4 Å². The zero-order valence-corrected chi connectivity index (χ0v) is 8.87. The molecule has 0 atom stereocenters. The van der Waals surface area contributed by atoms with Crippen molar-refractivity contribution >= 4 is 11.6 Å². The van der Waals surface area contributed by atoms with Crippen LogP contribution in [0.25, 0.3) is 0 Å². The lowest BCUT2D eigenvalue weighted by Gasteiger charge is -2.00. The molecular weight excluding hydrogens is 220 g/mol. The van der Waals surface area contributed by atoms with E-state index in [0.29, 0.717) is 5.75 Å². The van der Waals surface area contributed by atoms with Gasteiger partial charge in [-0.1, -0.05) is 23.4 Å². The number of para-hydroxylation sites is 1. The monoisotopic (exact) mass is 230 g/mol. The molecule has 1 aromatic carbocycles. The molecule has 0 spiro atoms. The fraction of sp³-hybridized carbons (Fsp3) is 0. The first kappa shape index (κ1) is 10.9. The van der Waals surface area contributed by atoms with Crippen molar-refractivity contribution in [3.8, 4) is 5.75 Å². The van der Waals surface area contributed by atoms with Gasteiger partial charge in [-0.25, -0.2) is 0 Å². The molecule has 5 nitrogen and oxygen atoms in total. The highest BCUT2D eigenvalue weighted by Crippen LogP contribution is 2.10. The largest absolute Gasteiger partial charge is 0.462 e. The summed E-state index contributed by atoms with van der Waals surface area (Å²) in [6.07, 6.45) is 1.43. The Morgan fingerprint density at radius 2 is 1.94 bits per heavy atom. The maximum absolute atomic E-state index is 11.2. The van der Waals surface area contributed by atoms with Crippen molar-refractivity contribution in [3.63, 3.8) is 0 Å². The standard InChI is InChI=1S/C12H10N2O3/c13-12(15)11(10-7-4-8-16-10)14-17-9-5-2-1-3-6-9/h1-8H,(H2,13,15). The van der Waals surface area contributed by atoms with E-state index in [1.165, 1.54) is 6.26 Å². The summed E-state index contributed by atoms with van der Waals surface area (Å²) >= 11 is 0. The number of benzene rings is 1. The molecule has 2 aromatic rings. The number of primary amides is 1. The molecule has 2 rings (SSSR count). The van der Waals surface area contributed by atoms with Crippen LogP contribution in [0, 0.1) is 0 Å². The summed E-state index contributed by atoms with van der Waals surface area (Å²) in [5.74, 6) is 0.0714. The van der Waals surface area contributed by atoms with E-state index in [4.69, 9.17) is 15.0 Å². The SMILES string of the molecule is NC(=O)C(=NOc1ccccc1)c1ccco1. The smallest absolute Gasteiger partial charge is 0.274 e. The van der Waals surface area contributed by atoms with Crippen LogP contribution in [0.2, 0.25) is 0 Å². The number of hydrogen-bond donors (Lipinski definition) is 1. The van der Waals surface area contributed by atoms with Crippen LogP contribution in [-0.4, -0.2) is 11.6 Å². The molecule has 0 bridgehead atoms. The van der Waals surface area contributed by atoms with Crippen molar-refractivity contribution in [2.24, 2.45) is 10.9 Å². The summed E-state index contributed by atoms with van der Waals surface area (Å²) in [6, 6.07) is 12.1. The molecule has 17 heavy (non-hydrogen) atoms. The summed E-state index contributed by atoms with van der Waals surface area (Å²) < 4.78 is 5.03. The van der Waals surface area contributed by atoms with Gasteiger partial charge in [0.15, 0.2) is 11.5 Å². The van der Waals surface area contributed by atoms with Crippen molar-refractivity contribution in [2.45, 2.75) is 0 Å². The van der Waals surface area contributed by atoms with E-state index >= 15 is 0 Å². The minimum Gasteiger partial charge on any atom is -0.462 e. The molecular formula is C12H10N2O3. The van der Waals surface area contributed by atoms with Crippen LogP contribution in [0.1, 0.15) is 5.76 Å². The van der Waals surface area contributed by atoms with Gasteiger partial charge in [0.05, 0.1) is 6.26 Å². The quantitative estimate of drug-likeness (QED) is 0.639. The van der Waals surface area contributed by atoms with Crippen LogP contribution in [0.3, 0.4) is 0 Å². The number of nitrogens with zero attached hydrogens (tertiary/aromatic N) is 1. The Balaban J connectivity index is 2.21. The van der Waals surface area contributed by atoms with Gasteiger partial charge in [-0.15, -0.1) is 0 Å². The third-order valence-corrected chi connectivity index (χ3v) is 1.97. The second-order valence-corrected chi connectivity index (χ2v) is 3.19. The van der Waals surface area contributed by atoms with Gasteiger partial charge in [0.25, 0.3) is 5.91 Å². The molecule has 0 fully saturated rings. The highest BCUT2D eigenvalue weighted by Gasteiger charge is 2.14. The zero-order chi connectivity index (χ0) is 12.1. The molecule has 86 valence electrons. The summed E-state index contributed by atoms with van der Waals surface area (Å²) in [5, 5.41) is 3.68. The maximum Gasteiger partial charge on any atom is 0.274 e. The minimum atomic E-state index is -0.712. The zero-order valence-electron chi connectivity index (χ0n) is 8.87. The number of hydrogen-bond acceptors (Lipinski definition) is 4. The van der Waals surface area contributed by atoms with Crippen molar-refractivity contribution in [2.75, 3.05) is 0 Å². The summed E-state index contributed by atoms with van der Waals surface area (Å²) in [5.41, 5.74) is 5.13. The van der Waals surface area contributed by atoms with Gasteiger partial charge in [0, 0.05) is 0 Å². The molecule has 0 unspecified atom stereocenters. The summed E-state index contributed by atoms with van der Waals surface area (Å²) in [6.45, 7) is 0. The van der Waals surface area contributed by atoms with E-state index in [2.05, 4.69) is 5.16 Å². The average Bonchev–Trinajstić information content (AvgIpc) is 2.84. The van der Waals surface area contributed by atoms with Crippen LogP contribution in [-0.2, 0) is 4.79 Å². The average molecular weight is 230 g/mol. The molecule has 0 aliphatic rings. The summed E-state index contributed by atoms with van der Waals surface area (Å²) in [7, 11) is 0. The van der Waals surface area contributed by atoms with Gasteiger partial charge >= 0.3 is 0 Å². The van der Waals surface area contributed by atoms with Crippen molar-refractivity contribution < 1.29 is 14.0 Å². The lowest BCUT2D eigenvalue weighted by atomic mass is 10.3. The Morgan fingerprint density at radius 3 is 2.53 bits per heavy atom. The molecule has 1 aromatic heterocycles. The van der Waals surface area contributed by atoms with E-state index < -0.39 is 5.91 Å². The van der Waals surface area contributed by atoms with E-state index in [9.17, 15) is 4.79 Å². The van der Waals surface area contributed by atoms with Crippen LogP contribution in [0.5, 0.6) is 5.75 Å². The Labute approximate surface area is 97.5 Å². The van der Waals surface area contributed by atoms with Gasteiger partial charge in [0.1, 0.15) is 0 Å². The first-order valence-electron chi connectivity index (χ1n) is 4.91. The number of carbonyl (C=O) groups excluding carboxylic acids is 1. The Morgan fingerprint density at radius 1 is 1.18 bits per heavy atom. The fourth-order valence-electron chi connectivity index (χ4n) is 1.20. The number of nitrogens with two attached hydrogens (primary N) is 1. The van der Waals surface area contributed by atoms with Gasteiger partial charge in [0.2, 0.25) is 5.71 Å². The Kier molecular flexibility index (Phi) is 3.20. The number of oxime groups is 1. The predicted octanol–water partition coefficient (Wildman–Crippen LogP) is 1.55. The van der Waals surface area contributed by atoms with E-state index in [-0.39, 0.29) is 11.5 Å². The van der Waals surface area contributed by atoms with Crippen LogP contribution in [0.15, 0.2) is 58.3 Å². The highest BCUT2D eigenvalue weighted by atomic mass is 16.6. The number of rotatable bonds is 4. The van der Waals surface area contributed by atoms with Gasteiger partial charge in [-0.3, -0.25) is 4.79 Å². The molecule has 2 N–H and O–H groups in total. The van der Waals surface area contributed by atoms with Crippen LogP contribution < -0.4 is 10.6 Å². The molecule has 0 saturated carbocycles. The molecule has 1 heterocycles. The molecule has 1 amide bonds. The van der Waals surface area contributed by atoms with Gasteiger partial charge in [-0.05, 0) is 24.3 Å². The molecule has 5 heteroatoms. The maximum atomic E-state index is 11.2. The fourth-order valence-corrected chi connectivity index (χ4v) is 1.20. The first-order valence-corrected chi connectivity index (χ1v) is 4.91. The lowest BCUT2D eigenvalue weighted by Crippen LogP contribution is -2.24. The van der Waals surface area contributed by atoms with Crippen LogP contribution >= 0.6 is 0 Å². The Bertz CT molecular complexity index is 518. The topological polar surface area (TPSA) is 77.8 Å². The van der Waals surface area contributed by atoms with Crippen molar-refractivity contribution in [1.29, 1.82) is 0 Å². The highest BCUT2D eigenvalue weighted by molar-refractivity contribution is 6.43. The Hall–Kier alpha value is -2.56. The molecule has 0 aliphatic carbocycles. The third kappa shape index (κ3) is 2.72. The van der Waals surface area contributed by atoms with Gasteiger partial charge in [-0.2, -0.15) is 0 Å². The van der Waals surface area contributed by atoms with Gasteiger partial charge < -0.3 is 15.0 Å². The number of carbonyl (C=O) groups is 1. The second kappa shape index (κ2) is 4.98.